The molecule has 1 amide bonds. The molecule has 1 aliphatic carbocycles. The van der Waals surface area contributed by atoms with Gasteiger partial charge in [0.15, 0.2) is 11.5 Å². The minimum absolute atomic E-state index is 0.133. The van der Waals surface area contributed by atoms with Crippen LogP contribution in [0.1, 0.15) is 23.6 Å². The minimum atomic E-state index is -0.632. The maximum Gasteiger partial charge on any atom is 0.235 e. The van der Waals surface area contributed by atoms with Gasteiger partial charge in [-0.25, -0.2) is 0 Å². The van der Waals surface area contributed by atoms with Crippen molar-refractivity contribution in [2.75, 3.05) is 20.1 Å². The van der Waals surface area contributed by atoms with Gasteiger partial charge in [-0.2, -0.15) is 0 Å². The summed E-state index contributed by atoms with van der Waals surface area (Å²) in [5.74, 6) is 0.778. The third kappa shape index (κ3) is 2.83. The minimum Gasteiger partial charge on any atom is -0.493 e. The fourth-order valence-electron chi connectivity index (χ4n) is 2.51. The molecule has 1 aromatic carbocycles. The topological polar surface area (TPSA) is 67.8 Å². The predicted octanol–water partition coefficient (Wildman–Crippen LogP) is 1.41. The lowest BCUT2D eigenvalue weighted by Gasteiger charge is -2.31. The SMILES string of the molecule is COc1cc2c(cc1OC)C(NC(=O)CCl)C(O)CC2. The fourth-order valence-corrected chi connectivity index (χ4v) is 2.58. The first-order valence-corrected chi connectivity index (χ1v) is 6.92. The number of methoxy groups -OCH3 is 2. The number of aryl methyl sites for hydroxylation is 1. The molecule has 0 saturated carbocycles. The van der Waals surface area contributed by atoms with Gasteiger partial charge in [0.05, 0.1) is 26.4 Å². The number of hydrogen-bond acceptors (Lipinski definition) is 4. The van der Waals surface area contributed by atoms with E-state index in [1.54, 1.807) is 20.3 Å². The number of alkyl halides is 1. The first-order valence-electron chi connectivity index (χ1n) is 6.39. The zero-order chi connectivity index (χ0) is 14.7. The summed E-state index contributed by atoms with van der Waals surface area (Å²) in [6, 6.07) is 3.22. The van der Waals surface area contributed by atoms with Crippen molar-refractivity contribution in [2.24, 2.45) is 0 Å². The van der Waals surface area contributed by atoms with Crippen molar-refractivity contribution >= 4 is 17.5 Å². The number of carbonyl (C=O) groups is 1. The van der Waals surface area contributed by atoms with Crippen LogP contribution in [-0.4, -0.2) is 37.2 Å². The highest BCUT2D eigenvalue weighted by Crippen LogP contribution is 2.38. The second kappa shape index (κ2) is 6.33. The van der Waals surface area contributed by atoms with Gasteiger partial charge in [0, 0.05) is 0 Å². The zero-order valence-corrected chi connectivity index (χ0v) is 12.2. The maximum absolute atomic E-state index is 11.5. The van der Waals surface area contributed by atoms with Gasteiger partial charge in [-0.1, -0.05) is 0 Å². The molecule has 0 spiro atoms. The van der Waals surface area contributed by atoms with Crippen LogP contribution in [-0.2, 0) is 11.2 Å². The van der Waals surface area contributed by atoms with E-state index in [-0.39, 0.29) is 11.8 Å². The summed E-state index contributed by atoms with van der Waals surface area (Å²) in [6.07, 6.45) is 0.674. The van der Waals surface area contributed by atoms with E-state index in [1.165, 1.54) is 0 Å². The Bertz CT molecular complexity index is 506. The van der Waals surface area contributed by atoms with E-state index in [9.17, 15) is 9.90 Å². The van der Waals surface area contributed by atoms with Gasteiger partial charge in [0.1, 0.15) is 5.88 Å². The molecule has 2 unspecified atom stereocenters. The van der Waals surface area contributed by atoms with Crippen molar-refractivity contribution in [1.29, 1.82) is 0 Å². The second-order valence-electron chi connectivity index (χ2n) is 4.69. The second-order valence-corrected chi connectivity index (χ2v) is 4.96. The molecule has 0 heterocycles. The number of benzene rings is 1. The number of amides is 1. The standard InChI is InChI=1S/C14H18ClNO4/c1-19-11-5-8-3-4-10(17)14(16-13(18)7-15)9(8)6-12(11)20-2/h5-6,10,14,17H,3-4,7H2,1-2H3,(H,16,18). The number of aliphatic hydroxyl groups is 1. The Balaban J connectivity index is 2.41. The summed E-state index contributed by atoms with van der Waals surface area (Å²) in [4.78, 5) is 11.5. The average Bonchev–Trinajstić information content (AvgIpc) is 2.48. The van der Waals surface area contributed by atoms with E-state index in [4.69, 9.17) is 21.1 Å². The molecule has 2 N–H and O–H groups in total. The summed E-state index contributed by atoms with van der Waals surface area (Å²) in [7, 11) is 3.13. The maximum atomic E-state index is 11.5. The molecule has 2 atom stereocenters. The highest BCUT2D eigenvalue weighted by atomic mass is 35.5. The predicted molar refractivity (Wildman–Crippen MR) is 75.5 cm³/mol. The molecular formula is C14H18ClNO4. The summed E-state index contributed by atoms with van der Waals surface area (Å²) in [5.41, 5.74) is 1.88. The van der Waals surface area contributed by atoms with Gasteiger partial charge >= 0.3 is 0 Å². The Morgan fingerprint density at radius 2 is 2.05 bits per heavy atom. The number of carbonyl (C=O) groups excluding carboxylic acids is 1. The molecule has 0 radical (unpaired) electrons. The first kappa shape index (κ1) is 14.9. The number of fused-ring (bicyclic) bond motifs is 1. The van der Waals surface area contributed by atoms with Gasteiger partial charge in [-0.15, -0.1) is 11.6 Å². The molecule has 5 nitrogen and oxygen atoms in total. The molecule has 0 bridgehead atoms. The van der Waals surface area contributed by atoms with Crippen molar-refractivity contribution in [3.05, 3.63) is 23.3 Å². The van der Waals surface area contributed by atoms with Crippen LogP contribution >= 0.6 is 11.6 Å². The Morgan fingerprint density at radius 1 is 1.40 bits per heavy atom. The van der Waals surface area contributed by atoms with Crippen LogP contribution in [0.4, 0.5) is 0 Å². The van der Waals surface area contributed by atoms with E-state index in [2.05, 4.69) is 5.32 Å². The average molecular weight is 300 g/mol. The first-order chi connectivity index (χ1) is 9.60. The lowest BCUT2D eigenvalue weighted by Crippen LogP contribution is -2.39. The van der Waals surface area contributed by atoms with E-state index >= 15 is 0 Å². The molecule has 110 valence electrons. The molecule has 0 fully saturated rings. The van der Waals surface area contributed by atoms with E-state index in [1.807, 2.05) is 6.07 Å². The molecule has 0 saturated heterocycles. The number of nitrogens with one attached hydrogen (secondary N) is 1. The van der Waals surface area contributed by atoms with Crippen molar-refractivity contribution in [3.8, 4) is 11.5 Å². The summed E-state index contributed by atoms with van der Waals surface area (Å²) in [5, 5.41) is 12.9. The molecule has 20 heavy (non-hydrogen) atoms. The molecular weight excluding hydrogens is 282 g/mol. The lowest BCUT2D eigenvalue weighted by molar-refractivity contribution is -0.120. The summed E-state index contributed by atoms with van der Waals surface area (Å²) < 4.78 is 10.5. The van der Waals surface area contributed by atoms with Gasteiger partial charge in [0.2, 0.25) is 5.91 Å². The number of hydrogen-bond donors (Lipinski definition) is 2. The molecule has 0 aliphatic heterocycles. The third-order valence-corrected chi connectivity index (χ3v) is 3.76. The van der Waals surface area contributed by atoms with Crippen molar-refractivity contribution in [1.82, 2.24) is 5.32 Å². The van der Waals surface area contributed by atoms with Crippen molar-refractivity contribution in [2.45, 2.75) is 25.0 Å². The Morgan fingerprint density at radius 3 is 2.65 bits per heavy atom. The molecule has 6 heteroatoms. The number of halogens is 1. The number of rotatable bonds is 4. The van der Waals surface area contributed by atoms with Gasteiger partial charge < -0.3 is 19.9 Å². The van der Waals surface area contributed by atoms with Crippen LogP contribution in [0.2, 0.25) is 0 Å². The third-order valence-electron chi connectivity index (χ3n) is 3.51. The Kier molecular flexibility index (Phi) is 4.73. The van der Waals surface area contributed by atoms with Crippen molar-refractivity contribution in [3.63, 3.8) is 0 Å². The monoisotopic (exact) mass is 299 g/mol. The highest BCUT2D eigenvalue weighted by molar-refractivity contribution is 6.27. The lowest BCUT2D eigenvalue weighted by atomic mass is 9.85. The molecule has 2 rings (SSSR count). The highest BCUT2D eigenvalue weighted by Gasteiger charge is 2.30. The quantitative estimate of drug-likeness (QED) is 0.825. The Hall–Kier alpha value is -1.46. The van der Waals surface area contributed by atoms with Crippen molar-refractivity contribution < 1.29 is 19.4 Å². The van der Waals surface area contributed by atoms with Crippen LogP contribution in [0.25, 0.3) is 0 Å². The van der Waals surface area contributed by atoms with E-state index in [0.717, 1.165) is 17.5 Å². The largest absolute Gasteiger partial charge is 0.493 e. The molecule has 1 aliphatic rings. The van der Waals surface area contributed by atoms with Gasteiger partial charge in [-0.3, -0.25) is 4.79 Å². The normalized spacial score (nSPS) is 21.0. The van der Waals surface area contributed by atoms with Crippen LogP contribution in [0.5, 0.6) is 11.5 Å². The Labute approximate surface area is 122 Å². The number of ether oxygens (including phenoxy) is 2. The molecule has 1 aromatic rings. The van der Waals surface area contributed by atoms with Gasteiger partial charge in [-0.05, 0) is 36.1 Å². The summed E-state index contributed by atoms with van der Waals surface area (Å²) in [6.45, 7) is 0. The molecule has 0 aromatic heterocycles. The van der Waals surface area contributed by atoms with E-state index in [0.29, 0.717) is 17.9 Å². The fraction of sp³-hybridized carbons (Fsp3) is 0.500. The van der Waals surface area contributed by atoms with Crippen LogP contribution in [0, 0.1) is 0 Å². The smallest absolute Gasteiger partial charge is 0.235 e. The summed E-state index contributed by atoms with van der Waals surface area (Å²) >= 11 is 5.51. The van der Waals surface area contributed by atoms with Crippen LogP contribution < -0.4 is 14.8 Å². The number of aliphatic hydroxyl groups excluding tert-OH is 1. The zero-order valence-electron chi connectivity index (χ0n) is 11.5. The van der Waals surface area contributed by atoms with E-state index < -0.39 is 12.1 Å². The van der Waals surface area contributed by atoms with Gasteiger partial charge in [0.25, 0.3) is 0 Å². The van der Waals surface area contributed by atoms with Crippen LogP contribution in [0.3, 0.4) is 0 Å². The van der Waals surface area contributed by atoms with Crippen LogP contribution in [0.15, 0.2) is 12.1 Å².